The number of hydrogen-bond acceptors (Lipinski definition) is 6. The first kappa shape index (κ1) is 17.2. The van der Waals surface area contributed by atoms with Gasteiger partial charge in [-0.05, 0) is 37.1 Å². The molecular formula is C17H19N5O2S. The minimum absolute atomic E-state index is 0.00368. The van der Waals surface area contributed by atoms with Crippen LogP contribution in [0.4, 0.5) is 4.79 Å². The highest BCUT2D eigenvalue weighted by atomic mass is 32.1. The van der Waals surface area contributed by atoms with Crippen molar-refractivity contribution in [3.05, 3.63) is 40.5 Å². The largest absolute Gasteiger partial charge is 0.472 e. The van der Waals surface area contributed by atoms with Crippen molar-refractivity contribution in [1.29, 1.82) is 5.26 Å². The number of urea groups is 1. The standard InChI is InChI=1S/C17H19N5O2S/c18-10-15-16(20-8-7-19-15)24-13-5-3-12(4-6-13)22-17(23)21-11-14-2-1-9-25-14/h1-2,7-9,12-13H,3-6,11H2,(H2,21,22,23). The van der Waals surface area contributed by atoms with Crippen molar-refractivity contribution in [2.75, 3.05) is 0 Å². The van der Waals surface area contributed by atoms with E-state index in [9.17, 15) is 4.79 Å². The summed E-state index contributed by atoms with van der Waals surface area (Å²) >= 11 is 1.62. The zero-order valence-corrected chi connectivity index (χ0v) is 14.5. The van der Waals surface area contributed by atoms with Crippen LogP contribution in [0.25, 0.3) is 0 Å². The number of nitriles is 1. The zero-order valence-electron chi connectivity index (χ0n) is 13.6. The van der Waals surface area contributed by atoms with Gasteiger partial charge in [-0.2, -0.15) is 5.26 Å². The lowest BCUT2D eigenvalue weighted by Crippen LogP contribution is -2.44. The highest BCUT2D eigenvalue weighted by Crippen LogP contribution is 2.23. The van der Waals surface area contributed by atoms with E-state index in [1.54, 1.807) is 11.3 Å². The van der Waals surface area contributed by atoms with Gasteiger partial charge in [-0.1, -0.05) is 6.07 Å². The fraction of sp³-hybridized carbons (Fsp3) is 0.412. The van der Waals surface area contributed by atoms with Crippen molar-refractivity contribution in [2.45, 2.75) is 44.4 Å². The minimum Gasteiger partial charge on any atom is -0.472 e. The molecule has 130 valence electrons. The maximum absolute atomic E-state index is 12.0. The molecule has 0 spiro atoms. The van der Waals surface area contributed by atoms with E-state index < -0.39 is 0 Å². The summed E-state index contributed by atoms with van der Waals surface area (Å²) in [5, 5.41) is 16.9. The van der Waals surface area contributed by atoms with Crippen LogP contribution in [-0.4, -0.2) is 28.1 Å². The fourth-order valence-electron chi connectivity index (χ4n) is 2.79. The van der Waals surface area contributed by atoms with Crippen LogP contribution in [0.15, 0.2) is 29.9 Å². The van der Waals surface area contributed by atoms with Crippen molar-refractivity contribution >= 4 is 17.4 Å². The van der Waals surface area contributed by atoms with Crippen molar-refractivity contribution in [3.63, 3.8) is 0 Å². The summed E-state index contributed by atoms with van der Waals surface area (Å²) in [4.78, 5) is 21.1. The molecule has 0 aromatic carbocycles. The van der Waals surface area contributed by atoms with Crippen LogP contribution in [-0.2, 0) is 6.54 Å². The maximum Gasteiger partial charge on any atom is 0.315 e. The Morgan fingerprint density at radius 1 is 1.32 bits per heavy atom. The Kier molecular flexibility index (Phi) is 5.80. The van der Waals surface area contributed by atoms with Gasteiger partial charge in [-0.15, -0.1) is 11.3 Å². The molecule has 0 atom stereocenters. The predicted octanol–water partition coefficient (Wildman–Crippen LogP) is 2.60. The van der Waals surface area contributed by atoms with Crippen LogP contribution in [0.1, 0.15) is 36.3 Å². The summed E-state index contributed by atoms with van der Waals surface area (Å²) in [6, 6.07) is 5.95. The molecule has 7 nitrogen and oxygen atoms in total. The van der Waals surface area contributed by atoms with Crippen LogP contribution in [0.3, 0.4) is 0 Å². The summed E-state index contributed by atoms with van der Waals surface area (Å²) in [5.74, 6) is 0.287. The number of amides is 2. The van der Waals surface area contributed by atoms with Crippen LogP contribution >= 0.6 is 11.3 Å². The predicted molar refractivity (Wildman–Crippen MR) is 93.1 cm³/mol. The van der Waals surface area contributed by atoms with Gasteiger partial charge in [0.2, 0.25) is 5.69 Å². The second kappa shape index (κ2) is 8.44. The molecule has 0 aliphatic heterocycles. The molecule has 2 aromatic rings. The van der Waals surface area contributed by atoms with Crippen LogP contribution < -0.4 is 15.4 Å². The molecule has 1 aliphatic rings. The Morgan fingerprint density at radius 3 is 2.84 bits per heavy atom. The van der Waals surface area contributed by atoms with E-state index in [-0.39, 0.29) is 29.8 Å². The van der Waals surface area contributed by atoms with Gasteiger partial charge in [0.05, 0.1) is 6.54 Å². The summed E-state index contributed by atoms with van der Waals surface area (Å²) in [5.41, 5.74) is 0.204. The van der Waals surface area contributed by atoms with Gasteiger partial charge in [0.15, 0.2) is 0 Å². The van der Waals surface area contributed by atoms with Gasteiger partial charge < -0.3 is 15.4 Å². The van der Waals surface area contributed by atoms with Crippen molar-refractivity contribution < 1.29 is 9.53 Å². The summed E-state index contributed by atoms with van der Waals surface area (Å²) in [6.07, 6.45) is 6.26. The van der Waals surface area contributed by atoms with Crippen LogP contribution in [0, 0.1) is 11.3 Å². The third-order valence-corrected chi connectivity index (χ3v) is 4.94. The third kappa shape index (κ3) is 4.90. The Balaban J connectivity index is 1.41. The Labute approximate surface area is 150 Å². The normalized spacial score (nSPS) is 19.6. The Bertz CT molecular complexity index is 736. The van der Waals surface area contributed by atoms with E-state index in [0.717, 1.165) is 30.6 Å². The molecule has 0 radical (unpaired) electrons. The average molecular weight is 357 g/mol. The molecule has 2 aromatic heterocycles. The molecule has 1 saturated carbocycles. The van der Waals surface area contributed by atoms with E-state index in [2.05, 4.69) is 20.6 Å². The maximum atomic E-state index is 12.0. The topological polar surface area (TPSA) is 99.9 Å². The molecule has 1 fully saturated rings. The molecule has 25 heavy (non-hydrogen) atoms. The molecule has 2 amide bonds. The Hall–Kier alpha value is -2.66. The first-order valence-electron chi connectivity index (χ1n) is 8.19. The smallest absolute Gasteiger partial charge is 0.315 e. The van der Waals surface area contributed by atoms with Crippen LogP contribution in [0.2, 0.25) is 0 Å². The number of nitrogens with zero attached hydrogens (tertiary/aromatic N) is 3. The highest BCUT2D eigenvalue weighted by molar-refractivity contribution is 7.09. The van der Waals surface area contributed by atoms with Gasteiger partial charge in [0.1, 0.15) is 12.2 Å². The molecular weight excluding hydrogens is 338 g/mol. The summed E-state index contributed by atoms with van der Waals surface area (Å²) < 4.78 is 5.80. The molecule has 0 bridgehead atoms. The number of carbonyl (C=O) groups excluding carboxylic acids is 1. The number of rotatable bonds is 5. The number of aromatic nitrogens is 2. The van der Waals surface area contributed by atoms with E-state index in [4.69, 9.17) is 10.00 Å². The van der Waals surface area contributed by atoms with Crippen molar-refractivity contribution in [3.8, 4) is 11.9 Å². The second-order valence-electron chi connectivity index (χ2n) is 5.82. The first-order valence-corrected chi connectivity index (χ1v) is 9.07. The number of thiophene rings is 1. The van der Waals surface area contributed by atoms with Gasteiger partial charge in [0, 0.05) is 23.3 Å². The van der Waals surface area contributed by atoms with Gasteiger partial charge in [0.25, 0.3) is 5.88 Å². The number of carbonyl (C=O) groups is 1. The van der Waals surface area contributed by atoms with Crippen LogP contribution in [0.5, 0.6) is 5.88 Å². The highest BCUT2D eigenvalue weighted by Gasteiger charge is 2.24. The van der Waals surface area contributed by atoms with Crippen molar-refractivity contribution in [2.24, 2.45) is 0 Å². The third-order valence-electron chi connectivity index (χ3n) is 4.06. The Morgan fingerprint density at radius 2 is 2.12 bits per heavy atom. The fourth-order valence-corrected chi connectivity index (χ4v) is 3.43. The first-order chi connectivity index (χ1) is 12.2. The molecule has 2 heterocycles. The van der Waals surface area contributed by atoms with Gasteiger partial charge in [-0.3, -0.25) is 0 Å². The second-order valence-corrected chi connectivity index (χ2v) is 6.85. The van der Waals surface area contributed by atoms with E-state index in [1.807, 2.05) is 23.6 Å². The quantitative estimate of drug-likeness (QED) is 0.857. The summed E-state index contributed by atoms with van der Waals surface area (Å²) in [7, 11) is 0. The molecule has 0 unspecified atom stereocenters. The number of nitrogens with one attached hydrogen (secondary N) is 2. The molecule has 8 heteroatoms. The monoisotopic (exact) mass is 357 g/mol. The zero-order chi connectivity index (χ0) is 17.5. The van der Waals surface area contributed by atoms with Crippen molar-refractivity contribution in [1.82, 2.24) is 20.6 Å². The minimum atomic E-state index is -0.140. The molecule has 0 saturated heterocycles. The van der Waals surface area contributed by atoms with E-state index in [1.165, 1.54) is 12.4 Å². The van der Waals surface area contributed by atoms with Gasteiger partial charge in [-0.25, -0.2) is 14.8 Å². The van der Waals surface area contributed by atoms with E-state index in [0.29, 0.717) is 6.54 Å². The van der Waals surface area contributed by atoms with E-state index >= 15 is 0 Å². The molecule has 1 aliphatic carbocycles. The molecule has 2 N–H and O–H groups in total. The SMILES string of the molecule is N#Cc1nccnc1OC1CCC(NC(=O)NCc2cccs2)CC1. The lowest BCUT2D eigenvalue weighted by Gasteiger charge is -2.29. The number of hydrogen-bond donors (Lipinski definition) is 2. The molecule has 3 rings (SSSR count). The summed E-state index contributed by atoms with van der Waals surface area (Å²) in [6.45, 7) is 0.547. The lowest BCUT2D eigenvalue weighted by molar-refractivity contribution is 0.134. The average Bonchev–Trinajstić information content (AvgIpc) is 3.16. The lowest BCUT2D eigenvalue weighted by atomic mass is 9.93. The number of ether oxygens (including phenoxy) is 1. The van der Waals surface area contributed by atoms with Gasteiger partial charge >= 0.3 is 6.03 Å².